The van der Waals surface area contributed by atoms with Gasteiger partial charge in [0.25, 0.3) is 0 Å². The van der Waals surface area contributed by atoms with Gasteiger partial charge in [-0.05, 0) is 81.5 Å². The van der Waals surface area contributed by atoms with E-state index in [0.29, 0.717) is 62.8 Å². The molecule has 28 heteroatoms. The maximum absolute atomic E-state index is 12.1. The first kappa shape index (κ1) is 70.4. The second-order valence-corrected chi connectivity index (χ2v) is 24.1. The van der Waals surface area contributed by atoms with Crippen molar-refractivity contribution in [2.75, 3.05) is 76.5 Å². The lowest BCUT2D eigenvalue weighted by atomic mass is 9.98. The smallest absolute Gasteiger partial charge is 0.490 e. The number of rotatable bonds is 25. The van der Waals surface area contributed by atoms with Gasteiger partial charge < -0.3 is 56.6 Å². The molecule has 0 radical (unpaired) electrons. The Morgan fingerprint density at radius 3 is 1.86 bits per heavy atom. The van der Waals surface area contributed by atoms with E-state index in [1.165, 1.54) is 37.7 Å². The molecule has 2 fully saturated rings. The van der Waals surface area contributed by atoms with Gasteiger partial charge in [0.2, 0.25) is 17.7 Å². The minimum atomic E-state index is -5.08. The summed E-state index contributed by atoms with van der Waals surface area (Å²) in [5, 5.41) is 45.8. The number of amides is 3. The lowest BCUT2D eigenvalue weighted by molar-refractivity contribution is -0.870. The lowest BCUT2D eigenvalue weighted by Gasteiger charge is -2.23. The Labute approximate surface area is 451 Å². The molecule has 5 unspecified atom stereocenters. The van der Waals surface area contributed by atoms with Gasteiger partial charge in [-0.15, -0.1) is 0 Å². The number of fused-ring (bicyclic) bond motifs is 1. The number of alkyl halides is 5. The van der Waals surface area contributed by atoms with Crippen LogP contribution in [-0.4, -0.2) is 172 Å². The molecule has 1 aromatic rings. The van der Waals surface area contributed by atoms with Crippen LogP contribution in [0.2, 0.25) is 0 Å². The SMILES string of the molecule is CC(=O)NCCC1CNc2ccc(O)cc21.CC(F)(F)C(=O)O.C[N+](C)(C)CCOC(=O)CCCCC1CCSS1.NC(CCCNC(=O)C(CS)NC(=O)CCCCC1CCSS1)C(=O)O.O=C(O)C(F)(F)F. The average molecular weight is 1160 g/mol. The Bertz CT molecular complexity index is 1830. The molecule has 0 bridgehead atoms. The molecule has 426 valence electrons. The monoisotopic (exact) mass is 1160 g/mol. The Morgan fingerprint density at radius 1 is 0.851 bits per heavy atom. The molecule has 3 aliphatic rings. The van der Waals surface area contributed by atoms with Crippen LogP contribution in [0.4, 0.5) is 27.6 Å². The number of benzene rings is 1. The number of carboxylic acid groups (broad SMARTS) is 3. The molecule has 3 heterocycles. The number of phenols is 1. The number of quaternary nitrogens is 1. The Morgan fingerprint density at radius 2 is 1.41 bits per heavy atom. The molecule has 4 rings (SSSR count). The van der Waals surface area contributed by atoms with Gasteiger partial charge in [0.15, 0.2) is 0 Å². The number of phenolic OH excluding ortho intramolecular Hbond substituents is 1. The van der Waals surface area contributed by atoms with E-state index in [1.807, 2.05) is 49.2 Å². The maximum atomic E-state index is 12.1. The van der Waals surface area contributed by atoms with Crippen LogP contribution in [0.3, 0.4) is 0 Å². The number of esters is 1. The van der Waals surface area contributed by atoms with Gasteiger partial charge in [-0.1, -0.05) is 56.0 Å². The fraction of sp³-hybridized carbons (Fsp3) is 0.717. The number of carboxylic acids is 3. The summed E-state index contributed by atoms with van der Waals surface area (Å²) in [5.74, 6) is -6.57. The molecule has 2 saturated heterocycles. The van der Waals surface area contributed by atoms with E-state index >= 15 is 0 Å². The number of carbonyl (C=O) groups is 7. The van der Waals surface area contributed by atoms with E-state index in [-0.39, 0.29) is 35.9 Å². The van der Waals surface area contributed by atoms with E-state index in [1.54, 1.807) is 12.1 Å². The van der Waals surface area contributed by atoms with Gasteiger partial charge in [0.1, 0.15) is 31.0 Å². The topological polar surface area (TPSA) is 284 Å². The molecular formula is C46H76F5N6O12S5+. The number of carbonyl (C=O) groups excluding carboxylic acids is 4. The molecule has 3 amide bonds. The van der Waals surface area contributed by atoms with Crippen LogP contribution in [0.25, 0.3) is 0 Å². The van der Waals surface area contributed by atoms with Crippen molar-refractivity contribution in [2.24, 2.45) is 5.73 Å². The number of halogens is 5. The van der Waals surface area contributed by atoms with Gasteiger partial charge in [0, 0.05) is 85.7 Å². The highest BCUT2D eigenvalue weighted by atomic mass is 33.1. The minimum Gasteiger partial charge on any atom is -0.508 e. The molecular weight excluding hydrogens is 1080 g/mol. The van der Waals surface area contributed by atoms with Crippen LogP contribution < -0.4 is 27.0 Å². The van der Waals surface area contributed by atoms with E-state index in [0.717, 1.165) is 72.6 Å². The van der Waals surface area contributed by atoms with E-state index < -0.39 is 42.1 Å². The molecule has 18 nitrogen and oxygen atoms in total. The van der Waals surface area contributed by atoms with E-state index in [4.69, 9.17) is 30.6 Å². The third-order valence-electron chi connectivity index (χ3n) is 10.5. The van der Waals surface area contributed by atoms with Crippen LogP contribution in [0, 0.1) is 0 Å². The van der Waals surface area contributed by atoms with E-state index in [2.05, 4.69) is 55.0 Å². The highest BCUT2D eigenvalue weighted by Gasteiger charge is 2.38. The van der Waals surface area contributed by atoms with Crippen molar-refractivity contribution >= 4 is 103 Å². The third kappa shape index (κ3) is 36.4. The summed E-state index contributed by atoms with van der Waals surface area (Å²) in [6, 6.07) is 3.77. The first-order valence-electron chi connectivity index (χ1n) is 23.9. The number of unbranched alkanes of at least 4 members (excludes halogenated alkanes) is 2. The van der Waals surface area contributed by atoms with Crippen molar-refractivity contribution in [2.45, 2.75) is 138 Å². The summed E-state index contributed by atoms with van der Waals surface area (Å²) in [4.78, 5) is 75.1. The lowest BCUT2D eigenvalue weighted by Crippen LogP contribution is -2.48. The number of aromatic hydroxyl groups is 1. The van der Waals surface area contributed by atoms with Crippen LogP contribution in [-0.2, 0) is 38.3 Å². The molecule has 0 spiro atoms. The first-order chi connectivity index (χ1) is 34.5. The number of thiol groups is 1. The minimum absolute atomic E-state index is 0.00193. The molecule has 0 aliphatic carbocycles. The third-order valence-corrected chi connectivity index (χ3v) is 16.8. The molecule has 5 atom stereocenters. The number of hydrogen-bond acceptors (Lipinski definition) is 16. The number of anilines is 1. The van der Waals surface area contributed by atoms with Gasteiger partial charge >= 0.3 is 36.0 Å². The summed E-state index contributed by atoms with van der Waals surface area (Å²) in [5.41, 5.74) is 7.63. The maximum Gasteiger partial charge on any atom is 0.490 e. The van der Waals surface area contributed by atoms with Crippen LogP contribution in [0.5, 0.6) is 5.75 Å². The number of ether oxygens (including phenoxy) is 1. The molecule has 1 aromatic carbocycles. The van der Waals surface area contributed by atoms with Crippen molar-refractivity contribution < 1.29 is 85.2 Å². The number of aliphatic carboxylic acids is 3. The highest BCUT2D eigenvalue weighted by molar-refractivity contribution is 8.77. The largest absolute Gasteiger partial charge is 0.508 e. The highest BCUT2D eigenvalue weighted by Crippen LogP contribution is 2.41. The Balaban J connectivity index is 0.000000975. The van der Waals surface area contributed by atoms with Crippen molar-refractivity contribution in [1.29, 1.82) is 0 Å². The summed E-state index contributed by atoms with van der Waals surface area (Å²) < 4.78 is 60.3. The van der Waals surface area contributed by atoms with Crippen LogP contribution in [0.1, 0.15) is 109 Å². The predicted octanol–water partition coefficient (Wildman–Crippen LogP) is 7.16. The van der Waals surface area contributed by atoms with E-state index in [9.17, 15) is 55.8 Å². The van der Waals surface area contributed by atoms with Gasteiger partial charge in [-0.2, -0.15) is 34.6 Å². The average Bonchev–Trinajstić information content (AvgIpc) is 4.11. The van der Waals surface area contributed by atoms with Gasteiger partial charge in [0.05, 0.1) is 21.1 Å². The number of hydrogen-bond donors (Lipinski definition) is 10. The quantitative estimate of drug-likeness (QED) is 0.00884. The summed E-state index contributed by atoms with van der Waals surface area (Å²) >= 11 is 4.12. The predicted molar refractivity (Wildman–Crippen MR) is 286 cm³/mol. The van der Waals surface area contributed by atoms with Crippen LogP contribution >= 0.6 is 55.8 Å². The number of nitrogens with zero attached hydrogens (tertiary/aromatic N) is 1. The normalized spacial score (nSPS) is 17.5. The molecule has 0 saturated carbocycles. The zero-order valence-corrected chi connectivity index (χ0v) is 46.7. The molecule has 10 N–H and O–H groups in total. The zero-order chi connectivity index (χ0) is 56.5. The summed E-state index contributed by atoms with van der Waals surface area (Å²) in [6.07, 6.45) is 6.51. The van der Waals surface area contributed by atoms with Crippen molar-refractivity contribution in [1.82, 2.24) is 16.0 Å². The second kappa shape index (κ2) is 38.1. The number of nitrogens with two attached hydrogens (primary N) is 1. The number of likely N-dealkylation sites (N-methyl/N-ethyl adjacent to an activating group) is 1. The molecule has 0 aromatic heterocycles. The van der Waals surface area contributed by atoms with Gasteiger partial charge in [-0.25, -0.2) is 9.59 Å². The van der Waals surface area contributed by atoms with Gasteiger partial charge in [-0.3, -0.25) is 24.0 Å². The first-order valence-corrected chi connectivity index (χ1v) is 29.3. The van der Waals surface area contributed by atoms with Crippen molar-refractivity contribution in [3.63, 3.8) is 0 Å². The number of nitrogens with one attached hydrogen (secondary N) is 4. The van der Waals surface area contributed by atoms with Crippen molar-refractivity contribution in [3.05, 3.63) is 23.8 Å². The fourth-order valence-electron chi connectivity index (χ4n) is 6.25. The summed E-state index contributed by atoms with van der Waals surface area (Å²) in [6.45, 7) is 5.13. The van der Waals surface area contributed by atoms with Crippen molar-refractivity contribution in [3.8, 4) is 5.75 Å². The second-order valence-electron chi connectivity index (χ2n) is 18.2. The Kier molecular flexibility index (Phi) is 36.2. The fourth-order valence-corrected chi connectivity index (χ4v) is 12.6. The summed E-state index contributed by atoms with van der Waals surface area (Å²) in [7, 11) is 14.2. The Hall–Kier alpha value is -3.57. The molecule has 74 heavy (non-hydrogen) atoms. The van der Waals surface area contributed by atoms with Crippen LogP contribution in [0.15, 0.2) is 18.2 Å². The molecule has 3 aliphatic heterocycles. The zero-order valence-electron chi connectivity index (χ0n) is 42.5. The standard InChI is InChI=1S/C16H29N3O4S3.C13H26NO2S2.C12H16N2O2.C3H4F2O2.C2HF3O2/c17-12(16(22)23)5-3-8-18-15(21)13(10-24)19-14(20)6-2-1-4-11-7-9-25-26-11;1-14(2,3)9-10-16-13(15)7-5-4-6-12-8-11-17-18-12;1-8(15)13-5-4-9-7-14-12-3-2-10(16)6-11(9)12;1-3(4,5)2(6)7;3-2(4,5)1(6)7/h11-13,24H,1-10,17H2,(H,18,21)(H,19,20)(H,22,23);12H,4-11H2,1-3H3;2-3,6,9,14,16H,4-5,7H2,1H3,(H,13,15);1H3,(H,6,7);(H,6,7)/q;+1;;;.